The van der Waals surface area contributed by atoms with E-state index in [0.29, 0.717) is 34.7 Å². The first-order valence-electron chi connectivity index (χ1n) is 13.0. The third-order valence-corrected chi connectivity index (χ3v) is 8.61. The lowest BCUT2D eigenvalue weighted by Crippen LogP contribution is -2.31. The zero-order valence-corrected chi connectivity index (χ0v) is 21.8. The molecule has 3 aromatic rings. The molecule has 0 radical (unpaired) electrons. The Kier molecular flexibility index (Phi) is 7.67. The molecule has 3 heterocycles. The fourth-order valence-electron chi connectivity index (χ4n) is 5.35. The third kappa shape index (κ3) is 5.47. The molecule has 7 nitrogen and oxygen atoms in total. The molecule has 1 aliphatic heterocycles. The van der Waals surface area contributed by atoms with Crippen molar-refractivity contribution >= 4 is 39.0 Å². The van der Waals surface area contributed by atoms with Crippen LogP contribution in [0.15, 0.2) is 24.5 Å². The number of likely N-dealkylation sites (tertiary alicyclic amines) is 1. The van der Waals surface area contributed by atoms with Crippen molar-refractivity contribution in [2.24, 2.45) is 0 Å². The second-order valence-corrected chi connectivity index (χ2v) is 10.9. The van der Waals surface area contributed by atoms with Crippen LogP contribution in [0.2, 0.25) is 0 Å². The van der Waals surface area contributed by atoms with E-state index in [1.165, 1.54) is 49.1 Å². The molecule has 5 rings (SSSR count). The highest BCUT2D eigenvalue weighted by Gasteiger charge is 2.23. The number of nitrogens with zero attached hydrogens (tertiary/aromatic N) is 3. The minimum Gasteiger partial charge on any atom is -0.488 e. The Balaban J connectivity index is 1.34. The number of anilines is 2. The van der Waals surface area contributed by atoms with Gasteiger partial charge in [-0.15, -0.1) is 11.3 Å². The molecule has 9 heteroatoms. The highest BCUT2D eigenvalue weighted by atomic mass is 32.1. The molecule has 1 saturated carbocycles. The van der Waals surface area contributed by atoms with E-state index in [1.807, 2.05) is 6.92 Å². The monoisotopic (exact) mass is 511 g/mol. The average molecular weight is 512 g/mol. The number of rotatable bonds is 8. The van der Waals surface area contributed by atoms with Crippen molar-refractivity contribution in [1.82, 2.24) is 20.2 Å². The van der Waals surface area contributed by atoms with Crippen LogP contribution in [0.4, 0.5) is 15.9 Å². The summed E-state index contributed by atoms with van der Waals surface area (Å²) in [6, 6.07) is 5.05. The van der Waals surface area contributed by atoms with E-state index < -0.39 is 0 Å². The molecule has 1 unspecified atom stereocenters. The number of halogens is 1. The minimum absolute atomic E-state index is 0.0785. The highest BCUT2D eigenvalue weighted by Crippen LogP contribution is 2.37. The van der Waals surface area contributed by atoms with Crippen LogP contribution in [0.5, 0.6) is 5.75 Å². The molecule has 2 aliphatic rings. The van der Waals surface area contributed by atoms with Gasteiger partial charge in [0.25, 0.3) is 5.91 Å². The summed E-state index contributed by atoms with van der Waals surface area (Å²) >= 11 is 1.37. The van der Waals surface area contributed by atoms with E-state index >= 15 is 0 Å². The molecule has 2 N–H and O–H groups in total. The molecular formula is C27H34FN5O2S. The fourth-order valence-corrected chi connectivity index (χ4v) is 6.41. The molecule has 1 saturated heterocycles. The number of hydrogen-bond donors (Lipinski definition) is 2. The van der Waals surface area contributed by atoms with E-state index in [-0.39, 0.29) is 17.8 Å². The number of amides is 1. The van der Waals surface area contributed by atoms with Crippen molar-refractivity contribution in [3.63, 3.8) is 0 Å². The van der Waals surface area contributed by atoms with Gasteiger partial charge in [0.15, 0.2) is 0 Å². The maximum absolute atomic E-state index is 14.1. The molecule has 1 aromatic carbocycles. The lowest BCUT2D eigenvalue weighted by molar-refractivity contribution is 0.0954. The Morgan fingerprint density at radius 2 is 2.03 bits per heavy atom. The topological polar surface area (TPSA) is 79.4 Å². The van der Waals surface area contributed by atoms with E-state index in [1.54, 1.807) is 6.07 Å². The number of carbonyl (C=O) groups excluding carboxylic acids is 1. The van der Waals surface area contributed by atoms with E-state index in [4.69, 9.17) is 4.74 Å². The normalized spacial score (nSPS) is 19.0. The number of aryl methyl sites for hydroxylation is 1. The summed E-state index contributed by atoms with van der Waals surface area (Å²) in [5, 5.41) is 7.23. The Bertz CT molecular complexity index is 1230. The Labute approximate surface area is 215 Å². The second kappa shape index (κ2) is 11.1. The predicted octanol–water partition coefficient (Wildman–Crippen LogP) is 5.81. The van der Waals surface area contributed by atoms with Crippen LogP contribution in [0.3, 0.4) is 0 Å². The predicted molar refractivity (Wildman–Crippen MR) is 142 cm³/mol. The number of carbonyl (C=O) groups is 1. The lowest BCUT2D eigenvalue weighted by atomic mass is 9.98. The minimum atomic E-state index is -0.339. The second-order valence-electron chi connectivity index (χ2n) is 9.92. The first kappa shape index (κ1) is 24.9. The van der Waals surface area contributed by atoms with Gasteiger partial charge in [-0.05, 0) is 83.2 Å². The SMILES string of the molecule is Cc1c(C(=O)NCCC2CCCN2C)sc2ncnc(Nc3ccc(F)cc3OC3CCCCC3)c12. The maximum atomic E-state index is 14.1. The Morgan fingerprint density at radius 1 is 1.19 bits per heavy atom. The van der Waals surface area contributed by atoms with Gasteiger partial charge in [0.05, 0.1) is 22.1 Å². The summed E-state index contributed by atoms with van der Waals surface area (Å²) in [7, 11) is 2.15. The number of hydrogen-bond acceptors (Lipinski definition) is 7. The molecule has 1 amide bonds. The van der Waals surface area contributed by atoms with Crippen LogP contribution in [0, 0.1) is 12.7 Å². The van der Waals surface area contributed by atoms with Crippen LogP contribution in [0.1, 0.15) is 66.6 Å². The average Bonchev–Trinajstić information content (AvgIpc) is 3.44. The van der Waals surface area contributed by atoms with Gasteiger partial charge in [-0.3, -0.25) is 4.79 Å². The molecule has 1 atom stereocenters. The maximum Gasteiger partial charge on any atom is 0.261 e. The molecule has 0 bridgehead atoms. The molecule has 2 aromatic heterocycles. The summed E-state index contributed by atoms with van der Waals surface area (Å²) in [6.07, 6.45) is 10.4. The lowest BCUT2D eigenvalue weighted by Gasteiger charge is -2.24. The molecule has 1 aliphatic carbocycles. The van der Waals surface area contributed by atoms with E-state index in [2.05, 4.69) is 32.5 Å². The van der Waals surface area contributed by atoms with Gasteiger partial charge in [0.2, 0.25) is 0 Å². The van der Waals surface area contributed by atoms with Crippen LogP contribution in [-0.2, 0) is 0 Å². The van der Waals surface area contributed by atoms with Gasteiger partial charge in [0.1, 0.15) is 28.5 Å². The number of fused-ring (bicyclic) bond motifs is 1. The molecular weight excluding hydrogens is 477 g/mol. The Hall–Kier alpha value is -2.78. The summed E-state index contributed by atoms with van der Waals surface area (Å²) in [4.78, 5) is 25.7. The molecule has 2 fully saturated rings. The fraction of sp³-hybridized carbons (Fsp3) is 0.519. The van der Waals surface area contributed by atoms with Gasteiger partial charge in [-0.2, -0.15) is 0 Å². The Morgan fingerprint density at radius 3 is 2.81 bits per heavy atom. The molecule has 192 valence electrons. The largest absolute Gasteiger partial charge is 0.488 e. The van der Waals surface area contributed by atoms with Crippen LogP contribution >= 0.6 is 11.3 Å². The number of ether oxygens (including phenoxy) is 1. The summed E-state index contributed by atoms with van der Waals surface area (Å²) in [6.45, 7) is 3.71. The van der Waals surface area contributed by atoms with Crippen molar-refractivity contribution in [2.75, 3.05) is 25.5 Å². The molecule has 0 spiro atoms. The quantitative estimate of drug-likeness (QED) is 0.397. The van der Waals surface area contributed by atoms with Gasteiger partial charge in [-0.25, -0.2) is 14.4 Å². The first-order valence-corrected chi connectivity index (χ1v) is 13.8. The van der Waals surface area contributed by atoms with E-state index in [0.717, 1.165) is 54.4 Å². The first-order chi connectivity index (χ1) is 17.5. The van der Waals surface area contributed by atoms with Crippen molar-refractivity contribution in [3.05, 3.63) is 40.8 Å². The van der Waals surface area contributed by atoms with Crippen LogP contribution in [0.25, 0.3) is 10.2 Å². The standard InChI is InChI=1S/C27H34FN5O2S/c1-17-23-25(32-21-11-10-18(28)15-22(21)35-20-8-4-3-5-9-20)30-16-31-27(23)36-24(17)26(34)29-13-12-19-7-6-14-33(19)2/h10-11,15-16,19-20H,3-9,12-14H2,1-2H3,(H,29,34)(H,30,31,32). The zero-order valence-electron chi connectivity index (χ0n) is 21.0. The number of nitrogens with one attached hydrogen (secondary N) is 2. The van der Waals surface area contributed by atoms with Crippen molar-refractivity contribution in [2.45, 2.75) is 70.4 Å². The third-order valence-electron chi connectivity index (χ3n) is 7.41. The number of aromatic nitrogens is 2. The molecule has 36 heavy (non-hydrogen) atoms. The van der Waals surface area contributed by atoms with Crippen LogP contribution in [-0.4, -0.2) is 53.1 Å². The van der Waals surface area contributed by atoms with Crippen molar-refractivity contribution in [1.29, 1.82) is 0 Å². The summed E-state index contributed by atoms with van der Waals surface area (Å²) in [5.74, 6) is 0.649. The number of thiophene rings is 1. The smallest absolute Gasteiger partial charge is 0.261 e. The van der Waals surface area contributed by atoms with Gasteiger partial charge in [0, 0.05) is 18.7 Å². The van der Waals surface area contributed by atoms with Crippen molar-refractivity contribution < 1.29 is 13.9 Å². The zero-order chi connectivity index (χ0) is 25.1. The number of benzene rings is 1. The summed E-state index contributed by atoms with van der Waals surface area (Å²) in [5.41, 5.74) is 1.49. The van der Waals surface area contributed by atoms with Gasteiger partial charge < -0.3 is 20.3 Å². The van der Waals surface area contributed by atoms with E-state index in [9.17, 15) is 9.18 Å². The van der Waals surface area contributed by atoms with Gasteiger partial charge in [-0.1, -0.05) is 6.42 Å². The van der Waals surface area contributed by atoms with Crippen molar-refractivity contribution in [3.8, 4) is 5.75 Å². The van der Waals surface area contributed by atoms with Crippen LogP contribution < -0.4 is 15.4 Å². The highest BCUT2D eigenvalue weighted by molar-refractivity contribution is 7.20. The van der Waals surface area contributed by atoms with Gasteiger partial charge >= 0.3 is 0 Å². The summed E-state index contributed by atoms with van der Waals surface area (Å²) < 4.78 is 20.3.